The van der Waals surface area contributed by atoms with E-state index in [4.69, 9.17) is 16.3 Å². The molecule has 7 heteroatoms. The molecule has 0 saturated heterocycles. The molecule has 1 amide bonds. The van der Waals surface area contributed by atoms with Crippen molar-refractivity contribution in [3.63, 3.8) is 0 Å². The van der Waals surface area contributed by atoms with Crippen molar-refractivity contribution in [2.45, 2.75) is 39.2 Å². The van der Waals surface area contributed by atoms with Crippen LogP contribution in [0.5, 0.6) is 5.75 Å². The maximum absolute atomic E-state index is 12.1. The molecule has 1 heterocycles. The molecule has 0 atom stereocenters. The minimum atomic E-state index is -0.247. The maximum Gasteiger partial charge on any atom is 0.267 e. The number of nitrogens with one attached hydrogen (secondary N) is 1. The molecule has 26 heavy (non-hydrogen) atoms. The van der Waals surface area contributed by atoms with E-state index in [0.29, 0.717) is 23.9 Å². The Morgan fingerprint density at radius 3 is 2.92 bits per heavy atom. The Bertz CT molecular complexity index is 864. The van der Waals surface area contributed by atoms with Crippen LogP contribution in [-0.2, 0) is 24.2 Å². The highest BCUT2D eigenvalue weighted by molar-refractivity contribution is 6.31. The van der Waals surface area contributed by atoms with E-state index in [2.05, 4.69) is 10.4 Å². The van der Waals surface area contributed by atoms with E-state index in [0.717, 1.165) is 42.5 Å². The first-order valence-electron chi connectivity index (χ1n) is 8.78. The number of benzene rings is 1. The summed E-state index contributed by atoms with van der Waals surface area (Å²) in [5.41, 5.74) is 2.84. The smallest absolute Gasteiger partial charge is 0.267 e. The van der Waals surface area contributed by atoms with Crippen LogP contribution in [0.3, 0.4) is 0 Å². The van der Waals surface area contributed by atoms with Crippen LogP contribution < -0.4 is 15.6 Å². The Hall–Kier alpha value is -2.34. The summed E-state index contributed by atoms with van der Waals surface area (Å²) in [6, 6.07) is 6.92. The summed E-state index contributed by atoms with van der Waals surface area (Å²) in [6.07, 6.45) is 4.06. The van der Waals surface area contributed by atoms with E-state index in [1.165, 1.54) is 4.68 Å². The number of carbonyl (C=O) groups excluding carboxylic acids is 1. The molecule has 6 nitrogen and oxygen atoms in total. The number of halogens is 1. The molecule has 0 aliphatic heterocycles. The van der Waals surface area contributed by atoms with Crippen LogP contribution in [0.2, 0.25) is 5.02 Å². The first-order chi connectivity index (χ1) is 12.5. The minimum absolute atomic E-state index is 0.0897. The fourth-order valence-electron chi connectivity index (χ4n) is 2.97. The number of carbonyl (C=O) groups is 1. The van der Waals surface area contributed by atoms with E-state index >= 15 is 0 Å². The fourth-order valence-corrected chi connectivity index (χ4v) is 3.09. The lowest BCUT2D eigenvalue weighted by Gasteiger charge is -2.16. The van der Waals surface area contributed by atoms with Crippen molar-refractivity contribution in [1.82, 2.24) is 15.1 Å². The SMILES string of the molecule is Cc1cc(OCC(=O)NCCn2nc3c(cc2=O)CCCC3)ccc1Cl. The molecule has 138 valence electrons. The molecule has 0 unspecified atom stereocenters. The van der Waals surface area contributed by atoms with Gasteiger partial charge in [0.15, 0.2) is 6.61 Å². The second kappa shape index (κ2) is 8.36. The monoisotopic (exact) mass is 375 g/mol. The number of hydrogen-bond acceptors (Lipinski definition) is 4. The van der Waals surface area contributed by atoms with Crippen molar-refractivity contribution in [2.24, 2.45) is 0 Å². The molecular weight excluding hydrogens is 354 g/mol. The molecule has 1 N–H and O–H groups in total. The molecular formula is C19H22ClN3O3. The van der Waals surface area contributed by atoms with Gasteiger partial charge in [0.1, 0.15) is 5.75 Å². The molecule has 0 fully saturated rings. The quantitative estimate of drug-likeness (QED) is 0.840. The molecule has 0 bridgehead atoms. The van der Waals surface area contributed by atoms with Crippen LogP contribution in [0.15, 0.2) is 29.1 Å². The standard InChI is InChI=1S/C19H22ClN3O3/c1-13-10-15(6-7-16(13)20)26-12-18(24)21-8-9-23-19(25)11-14-4-2-3-5-17(14)22-23/h6-7,10-11H,2-5,8-9,12H2,1H3,(H,21,24). The highest BCUT2D eigenvalue weighted by Crippen LogP contribution is 2.20. The molecule has 1 aliphatic rings. The summed E-state index contributed by atoms with van der Waals surface area (Å²) in [6.45, 7) is 2.46. The average molecular weight is 376 g/mol. The molecule has 1 aromatic carbocycles. The molecule has 1 aromatic heterocycles. The highest BCUT2D eigenvalue weighted by atomic mass is 35.5. The van der Waals surface area contributed by atoms with Crippen LogP contribution >= 0.6 is 11.6 Å². The van der Waals surface area contributed by atoms with E-state index in [9.17, 15) is 9.59 Å². The van der Waals surface area contributed by atoms with Gasteiger partial charge in [-0.2, -0.15) is 5.10 Å². The lowest BCUT2D eigenvalue weighted by Crippen LogP contribution is -2.35. The van der Waals surface area contributed by atoms with E-state index in [-0.39, 0.29) is 18.1 Å². The van der Waals surface area contributed by atoms with Gasteiger partial charge in [-0.1, -0.05) is 11.6 Å². The van der Waals surface area contributed by atoms with Crippen molar-refractivity contribution in [1.29, 1.82) is 0 Å². The first kappa shape index (κ1) is 18.5. The maximum atomic E-state index is 12.1. The zero-order valence-electron chi connectivity index (χ0n) is 14.8. The van der Waals surface area contributed by atoms with Crippen molar-refractivity contribution < 1.29 is 9.53 Å². The van der Waals surface area contributed by atoms with Crippen molar-refractivity contribution in [3.8, 4) is 5.75 Å². The third-order valence-electron chi connectivity index (χ3n) is 4.42. The third kappa shape index (κ3) is 4.64. The third-order valence-corrected chi connectivity index (χ3v) is 4.84. The van der Waals surface area contributed by atoms with Gasteiger partial charge in [0.2, 0.25) is 0 Å². The Kier molecular flexibility index (Phi) is 5.93. The lowest BCUT2D eigenvalue weighted by molar-refractivity contribution is -0.123. The van der Waals surface area contributed by atoms with Gasteiger partial charge in [-0.3, -0.25) is 9.59 Å². The van der Waals surface area contributed by atoms with Gasteiger partial charge in [0.05, 0.1) is 12.2 Å². The van der Waals surface area contributed by atoms with Gasteiger partial charge in [-0.25, -0.2) is 4.68 Å². The Morgan fingerprint density at radius 2 is 2.12 bits per heavy atom. The van der Waals surface area contributed by atoms with Gasteiger partial charge < -0.3 is 10.1 Å². The number of aromatic nitrogens is 2. The number of aryl methyl sites for hydroxylation is 3. The lowest BCUT2D eigenvalue weighted by atomic mass is 9.97. The van der Waals surface area contributed by atoms with E-state index in [1.807, 2.05) is 6.92 Å². The number of ether oxygens (including phenoxy) is 1. The summed E-state index contributed by atoms with van der Waals surface area (Å²) in [5, 5.41) is 7.83. The number of fused-ring (bicyclic) bond motifs is 1. The van der Waals surface area contributed by atoms with Gasteiger partial charge in [0, 0.05) is 17.6 Å². The molecule has 3 rings (SSSR count). The van der Waals surface area contributed by atoms with E-state index in [1.54, 1.807) is 24.3 Å². The van der Waals surface area contributed by atoms with Crippen molar-refractivity contribution in [2.75, 3.05) is 13.2 Å². The average Bonchev–Trinajstić information content (AvgIpc) is 2.63. The molecule has 0 saturated carbocycles. The van der Waals surface area contributed by atoms with Gasteiger partial charge in [-0.05, 0) is 61.9 Å². The number of amides is 1. The van der Waals surface area contributed by atoms with Crippen LogP contribution in [-0.4, -0.2) is 28.8 Å². The summed E-state index contributed by atoms with van der Waals surface area (Å²) in [7, 11) is 0. The summed E-state index contributed by atoms with van der Waals surface area (Å²) in [5.74, 6) is 0.346. The molecule has 0 spiro atoms. The van der Waals surface area contributed by atoms with Gasteiger partial charge in [0.25, 0.3) is 11.5 Å². The minimum Gasteiger partial charge on any atom is -0.484 e. The normalized spacial score (nSPS) is 13.2. The van der Waals surface area contributed by atoms with E-state index < -0.39 is 0 Å². The van der Waals surface area contributed by atoms with Gasteiger partial charge in [-0.15, -0.1) is 0 Å². The number of rotatable bonds is 6. The van der Waals surface area contributed by atoms with Crippen molar-refractivity contribution >= 4 is 17.5 Å². The first-order valence-corrected chi connectivity index (χ1v) is 9.16. The summed E-state index contributed by atoms with van der Waals surface area (Å²) in [4.78, 5) is 24.0. The Morgan fingerprint density at radius 1 is 1.31 bits per heavy atom. The number of nitrogens with zero attached hydrogens (tertiary/aromatic N) is 2. The van der Waals surface area contributed by atoms with Crippen molar-refractivity contribution in [3.05, 3.63) is 56.5 Å². The largest absolute Gasteiger partial charge is 0.484 e. The number of hydrogen-bond donors (Lipinski definition) is 1. The van der Waals surface area contributed by atoms with Gasteiger partial charge >= 0.3 is 0 Å². The second-order valence-electron chi connectivity index (χ2n) is 6.43. The predicted octanol–water partition coefficient (Wildman–Crippen LogP) is 2.28. The Balaban J connectivity index is 1.48. The van der Waals surface area contributed by atoms with Crippen LogP contribution in [0.4, 0.5) is 0 Å². The molecule has 2 aromatic rings. The highest BCUT2D eigenvalue weighted by Gasteiger charge is 2.13. The van der Waals surface area contributed by atoms with Crippen LogP contribution in [0.25, 0.3) is 0 Å². The predicted molar refractivity (Wildman–Crippen MR) is 99.8 cm³/mol. The molecule has 0 radical (unpaired) electrons. The zero-order valence-corrected chi connectivity index (χ0v) is 15.5. The molecule has 1 aliphatic carbocycles. The van der Waals surface area contributed by atoms with Crippen LogP contribution in [0.1, 0.15) is 29.7 Å². The van der Waals surface area contributed by atoms with Crippen LogP contribution in [0, 0.1) is 6.92 Å². The Labute approximate surface area is 157 Å². The summed E-state index contributed by atoms with van der Waals surface area (Å²) < 4.78 is 6.87. The fraction of sp³-hybridized carbons (Fsp3) is 0.421. The second-order valence-corrected chi connectivity index (χ2v) is 6.84. The topological polar surface area (TPSA) is 73.2 Å². The zero-order chi connectivity index (χ0) is 18.5. The summed E-state index contributed by atoms with van der Waals surface area (Å²) >= 11 is 5.96.